The number of ether oxygens (including phenoxy) is 1. The van der Waals surface area contributed by atoms with Crippen LogP contribution in [0.3, 0.4) is 0 Å². The van der Waals surface area contributed by atoms with Gasteiger partial charge in [-0.3, -0.25) is 19.5 Å². The summed E-state index contributed by atoms with van der Waals surface area (Å²) in [6.07, 6.45) is 1.76. The van der Waals surface area contributed by atoms with Gasteiger partial charge in [-0.15, -0.1) is 0 Å². The predicted octanol–water partition coefficient (Wildman–Crippen LogP) is 1.91. The number of benzene rings is 1. The van der Waals surface area contributed by atoms with Gasteiger partial charge in [-0.05, 0) is 51.0 Å². The van der Waals surface area contributed by atoms with E-state index in [1.54, 1.807) is 14.0 Å². The van der Waals surface area contributed by atoms with Crippen molar-refractivity contribution in [2.45, 2.75) is 32.7 Å². The van der Waals surface area contributed by atoms with Crippen LogP contribution in [-0.2, 0) is 4.79 Å². The number of H-pyrrole nitrogens is 1. The Morgan fingerprint density at radius 3 is 2.54 bits per heavy atom. The van der Waals surface area contributed by atoms with E-state index in [1.165, 1.54) is 0 Å². The Morgan fingerprint density at radius 1 is 1.25 bits per heavy atom. The number of nitrogens with one attached hydrogen (secondary N) is 3. The Morgan fingerprint density at radius 2 is 1.93 bits per heavy atom. The van der Waals surface area contributed by atoms with Crippen LogP contribution in [0.5, 0.6) is 5.75 Å². The number of rotatable bonds is 6. The third-order valence-electron chi connectivity index (χ3n) is 5.06. The van der Waals surface area contributed by atoms with E-state index in [4.69, 9.17) is 4.74 Å². The smallest absolute Gasteiger partial charge is 0.255 e. The zero-order chi connectivity index (χ0) is 20.1. The fourth-order valence-electron chi connectivity index (χ4n) is 3.22. The minimum absolute atomic E-state index is 0.0308. The molecule has 2 aromatic rings. The second kappa shape index (κ2) is 8.88. The van der Waals surface area contributed by atoms with E-state index in [0.717, 1.165) is 43.1 Å². The van der Waals surface area contributed by atoms with Crippen LogP contribution >= 0.6 is 0 Å². The fourth-order valence-corrected chi connectivity index (χ4v) is 3.22. The number of aryl methyl sites for hydroxylation is 1. The molecule has 150 valence electrons. The second-order valence-electron chi connectivity index (χ2n) is 7.10. The van der Waals surface area contributed by atoms with Crippen LogP contribution in [0.25, 0.3) is 0 Å². The lowest BCUT2D eigenvalue weighted by Gasteiger charge is -2.32. The number of amides is 1. The summed E-state index contributed by atoms with van der Waals surface area (Å²) < 4.78 is 5.12. The van der Waals surface area contributed by atoms with Gasteiger partial charge in [-0.2, -0.15) is 0 Å². The molecule has 1 saturated heterocycles. The Bertz CT molecular complexity index is 870. The molecule has 0 spiro atoms. The molecule has 0 radical (unpaired) electrons. The van der Waals surface area contributed by atoms with Crippen molar-refractivity contribution in [2.75, 3.05) is 37.4 Å². The number of aromatic amines is 1. The van der Waals surface area contributed by atoms with E-state index in [0.29, 0.717) is 18.1 Å². The quantitative estimate of drug-likeness (QED) is 0.703. The van der Waals surface area contributed by atoms with Crippen molar-refractivity contribution in [3.63, 3.8) is 0 Å². The highest BCUT2D eigenvalue weighted by Crippen LogP contribution is 2.16. The molecule has 0 aliphatic carbocycles. The summed E-state index contributed by atoms with van der Waals surface area (Å²) in [4.78, 5) is 33.4. The molecule has 8 nitrogen and oxygen atoms in total. The molecule has 0 bridgehead atoms. The van der Waals surface area contributed by atoms with Gasteiger partial charge in [0.15, 0.2) is 0 Å². The second-order valence-corrected chi connectivity index (χ2v) is 7.10. The fraction of sp³-hybridized carbons (Fsp3) is 0.450. The molecule has 28 heavy (non-hydrogen) atoms. The first kappa shape index (κ1) is 19.9. The highest BCUT2D eigenvalue weighted by atomic mass is 16.5. The summed E-state index contributed by atoms with van der Waals surface area (Å²) in [5, 5.41) is 6.22. The molecule has 1 aromatic heterocycles. The average Bonchev–Trinajstić information content (AvgIpc) is 2.68. The molecule has 0 unspecified atom stereocenters. The summed E-state index contributed by atoms with van der Waals surface area (Å²) in [5.74, 6) is 1.24. The summed E-state index contributed by atoms with van der Waals surface area (Å²) in [7, 11) is 1.61. The Balaban J connectivity index is 1.45. The number of methoxy groups -OCH3 is 1. The van der Waals surface area contributed by atoms with Crippen molar-refractivity contribution in [1.29, 1.82) is 0 Å². The SMILES string of the molecule is COc1ccc(NC(=O)CN2CCC(Nc3nc(C)c(C)c(=O)[nH]3)CC2)cc1. The monoisotopic (exact) mass is 385 g/mol. The van der Waals surface area contributed by atoms with Crippen molar-refractivity contribution < 1.29 is 9.53 Å². The third kappa shape index (κ3) is 5.10. The van der Waals surface area contributed by atoms with Gasteiger partial charge < -0.3 is 15.4 Å². The first-order chi connectivity index (χ1) is 13.4. The molecule has 3 rings (SSSR count). The van der Waals surface area contributed by atoms with Crippen LogP contribution in [0, 0.1) is 13.8 Å². The minimum atomic E-state index is -0.109. The van der Waals surface area contributed by atoms with E-state index in [2.05, 4.69) is 25.5 Å². The van der Waals surface area contributed by atoms with Gasteiger partial charge >= 0.3 is 0 Å². The van der Waals surface area contributed by atoms with Crippen LogP contribution in [-0.4, -0.2) is 53.6 Å². The maximum atomic E-state index is 12.3. The molecule has 1 aliphatic rings. The molecule has 1 fully saturated rings. The number of hydrogen-bond acceptors (Lipinski definition) is 6. The molecule has 1 amide bonds. The average molecular weight is 385 g/mol. The van der Waals surface area contributed by atoms with Gasteiger partial charge in [0.05, 0.1) is 13.7 Å². The van der Waals surface area contributed by atoms with Crippen LogP contribution in [0.15, 0.2) is 29.1 Å². The maximum Gasteiger partial charge on any atom is 0.255 e. The van der Waals surface area contributed by atoms with Gasteiger partial charge in [-0.25, -0.2) is 4.98 Å². The van der Waals surface area contributed by atoms with Gasteiger partial charge in [-0.1, -0.05) is 0 Å². The Kier molecular flexibility index (Phi) is 6.30. The normalized spacial score (nSPS) is 15.2. The zero-order valence-corrected chi connectivity index (χ0v) is 16.5. The summed E-state index contributed by atoms with van der Waals surface area (Å²) in [6, 6.07) is 7.51. The van der Waals surface area contributed by atoms with Crippen molar-refractivity contribution in [3.05, 3.63) is 45.9 Å². The molecule has 8 heteroatoms. The molecule has 1 aliphatic heterocycles. The van der Waals surface area contributed by atoms with Crippen molar-refractivity contribution >= 4 is 17.5 Å². The predicted molar refractivity (Wildman–Crippen MR) is 109 cm³/mol. The highest BCUT2D eigenvalue weighted by molar-refractivity contribution is 5.92. The van der Waals surface area contributed by atoms with E-state index in [1.807, 2.05) is 31.2 Å². The summed E-state index contributed by atoms with van der Waals surface area (Å²) in [6.45, 7) is 5.57. The van der Waals surface area contributed by atoms with Gasteiger partial charge in [0.2, 0.25) is 11.9 Å². The van der Waals surface area contributed by atoms with E-state index >= 15 is 0 Å². The lowest BCUT2D eigenvalue weighted by atomic mass is 10.1. The molecular weight excluding hydrogens is 358 g/mol. The number of aromatic nitrogens is 2. The Hall–Kier alpha value is -2.87. The topological polar surface area (TPSA) is 99.3 Å². The molecule has 1 aromatic carbocycles. The van der Waals surface area contributed by atoms with Crippen LogP contribution in [0.4, 0.5) is 11.6 Å². The van der Waals surface area contributed by atoms with Crippen molar-refractivity contribution in [1.82, 2.24) is 14.9 Å². The summed E-state index contributed by atoms with van der Waals surface area (Å²) in [5.41, 5.74) is 2.02. The first-order valence-electron chi connectivity index (χ1n) is 9.45. The number of hydrogen-bond donors (Lipinski definition) is 3. The number of likely N-dealkylation sites (tertiary alicyclic amines) is 1. The lowest BCUT2D eigenvalue weighted by Crippen LogP contribution is -2.43. The number of carbonyl (C=O) groups excluding carboxylic acids is 1. The molecule has 3 N–H and O–H groups in total. The zero-order valence-electron chi connectivity index (χ0n) is 16.5. The van der Waals surface area contributed by atoms with Gasteiger partial charge in [0.1, 0.15) is 5.75 Å². The van der Waals surface area contributed by atoms with Crippen LogP contribution in [0.1, 0.15) is 24.1 Å². The largest absolute Gasteiger partial charge is 0.497 e. The number of nitrogens with zero attached hydrogens (tertiary/aromatic N) is 2. The van der Waals surface area contributed by atoms with Crippen molar-refractivity contribution in [2.24, 2.45) is 0 Å². The molecule has 0 atom stereocenters. The number of piperidine rings is 1. The summed E-state index contributed by atoms with van der Waals surface area (Å²) >= 11 is 0. The van der Waals surface area contributed by atoms with E-state index in [-0.39, 0.29) is 17.5 Å². The Labute approximate surface area is 164 Å². The number of carbonyl (C=O) groups is 1. The van der Waals surface area contributed by atoms with Gasteiger partial charge in [0.25, 0.3) is 5.56 Å². The van der Waals surface area contributed by atoms with E-state index in [9.17, 15) is 9.59 Å². The molecule has 2 heterocycles. The van der Waals surface area contributed by atoms with Gasteiger partial charge in [0, 0.05) is 36.1 Å². The molecule has 0 saturated carbocycles. The molecular formula is C20H27N5O3. The minimum Gasteiger partial charge on any atom is -0.497 e. The number of anilines is 2. The first-order valence-corrected chi connectivity index (χ1v) is 9.45. The van der Waals surface area contributed by atoms with Crippen molar-refractivity contribution in [3.8, 4) is 5.75 Å². The lowest BCUT2D eigenvalue weighted by molar-refractivity contribution is -0.117. The highest BCUT2D eigenvalue weighted by Gasteiger charge is 2.21. The van der Waals surface area contributed by atoms with Crippen LogP contribution < -0.4 is 20.9 Å². The third-order valence-corrected chi connectivity index (χ3v) is 5.06. The van der Waals surface area contributed by atoms with E-state index < -0.39 is 0 Å². The standard InChI is InChI=1S/C20H27N5O3/c1-13-14(2)21-20(24-19(13)27)23-16-8-10-25(11-9-16)12-18(26)22-15-4-6-17(28-3)7-5-15/h4-7,16H,8-12H2,1-3H3,(H,22,26)(H2,21,23,24,27). The van der Waals surface area contributed by atoms with Crippen LogP contribution in [0.2, 0.25) is 0 Å². The maximum absolute atomic E-state index is 12.3.